The number of nitrogens with one attached hydrogen (secondary N) is 1. The Morgan fingerprint density at radius 2 is 1.72 bits per heavy atom. The number of hydrogen-bond donors (Lipinski definition) is 1. The molecule has 0 radical (unpaired) electrons. The van der Waals surface area contributed by atoms with Crippen molar-refractivity contribution in [1.29, 1.82) is 0 Å². The maximum Gasteiger partial charge on any atom is 0.407 e. The number of carbonyl (C=O) groups excluding carboxylic acids is 2. The van der Waals surface area contributed by atoms with Crippen LogP contribution in [0.1, 0.15) is 11.1 Å². The maximum absolute atomic E-state index is 12.2. The Kier molecular flexibility index (Phi) is 7.08. The van der Waals surface area contributed by atoms with Crippen LogP contribution in [-0.4, -0.2) is 50.3 Å². The topological polar surface area (TPSA) is 77.1 Å². The third-order valence-electron chi connectivity index (χ3n) is 4.98. The molecule has 1 saturated heterocycles. The first-order valence-corrected chi connectivity index (χ1v) is 9.49. The van der Waals surface area contributed by atoms with Crippen molar-refractivity contribution in [3.05, 3.63) is 65.7 Å². The molecule has 29 heavy (non-hydrogen) atoms. The van der Waals surface area contributed by atoms with Crippen molar-refractivity contribution in [2.45, 2.75) is 19.2 Å². The van der Waals surface area contributed by atoms with Gasteiger partial charge in [-0.3, -0.25) is 9.69 Å². The predicted octanol–water partition coefficient (Wildman–Crippen LogP) is 2.60. The Hall–Kier alpha value is -3.06. The Balaban J connectivity index is 1.58. The number of ether oxygens (including phenoxy) is 3. The molecule has 1 fully saturated rings. The first kappa shape index (κ1) is 20.7. The molecular weight excluding hydrogens is 372 g/mol. The number of carbonyl (C=O) groups is 2. The van der Waals surface area contributed by atoms with E-state index in [1.165, 1.54) is 7.11 Å². The summed E-state index contributed by atoms with van der Waals surface area (Å²) < 4.78 is 15.4. The van der Waals surface area contributed by atoms with Gasteiger partial charge in [-0.2, -0.15) is 0 Å². The smallest absolute Gasteiger partial charge is 0.407 e. The Bertz CT molecular complexity index is 810. The van der Waals surface area contributed by atoms with Gasteiger partial charge < -0.3 is 19.5 Å². The second-order valence-electron chi connectivity index (χ2n) is 6.98. The van der Waals surface area contributed by atoms with Crippen molar-refractivity contribution >= 4 is 12.1 Å². The zero-order chi connectivity index (χ0) is 20.6. The highest BCUT2D eigenvalue weighted by molar-refractivity contribution is 5.76. The molecule has 0 spiro atoms. The van der Waals surface area contributed by atoms with E-state index in [9.17, 15) is 9.59 Å². The number of hydrogen-bond acceptors (Lipinski definition) is 6. The van der Waals surface area contributed by atoms with Crippen LogP contribution in [0.4, 0.5) is 4.79 Å². The summed E-state index contributed by atoms with van der Waals surface area (Å²) in [5.41, 5.74) is 2.00. The Morgan fingerprint density at radius 3 is 2.38 bits per heavy atom. The van der Waals surface area contributed by atoms with E-state index in [1.807, 2.05) is 54.6 Å². The van der Waals surface area contributed by atoms with Gasteiger partial charge >= 0.3 is 12.1 Å². The second-order valence-corrected chi connectivity index (χ2v) is 6.98. The number of benzene rings is 2. The van der Waals surface area contributed by atoms with Gasteiger partial charge in [0, 0.05) is 19.6 Å². The molecule has 1 amide bonds. The summed E-state index contributed by atoms with van der Waals surface area (Å²) in [4.78, 5) is 26.6. The molecule has 0 saturated carbocycles. The van der Waals surface area contributed by atoms with E-state index in [4.69, 9.17) is 14.2 Å². The highest BCUT2D eigenvalue weighted by atomic mass is 16.5. The van der Waals surface area contributed by atoms with Gasteiger partial charge in [0.25, 0.3) is 0 Å². The van der Waals surface area contributed by atoms with Crippen molar-refractivity contribution in [2.24, 2.45) is 5.92 Å². The fourth-order valence-electron chi connectivity index (χ4n) is 3.46. The number of alkyl carbamates (subject to hydrolysis) is 1. The Morgan fingerprint density at radius 1 is 1.00 bits per heavy atom. The summed E-state index contributed by atoms with van der Waals surface area (Å²) in [6.07, 6.45) is -0.543. The molecule has 2 aromatic carbocycles. The summed E-state index contributed by atoms with van der Waals surface area (Å²) >= 11 is 0. The zero-order valence-electron chi connectivity index (χ0n) is 16.7. The van der Waals surface area contributed by atoms with Crippen molar-refractivity contribution in [3.8, 4) is 5.75 Å². The van der Waals surface area contributed by atoms with E-state index in [0.717, 1.165) is 16.9 Å². The highest BCUT2D eigenvalue weighted by Crippen LogP contribution is 2.22. The molecule has 7 heteroatoms. The van der Waals surface area contributed by atoms with Crippen LogP contribution in [0.2, 0.25) is 0 Å². The lowest BCUT2D eigenvalue weighted by Gasteiger charge is -2.18. The molecule has 0 aromatic heterocycles. The van der Waals surface area contributed by atoms with E-state index in [-0.39, 0.29) is 18.6 Å². The molecule has 1 aliphatic rings. The molecule has 0 aliphatic carbocycles. The molecule has 1 N–H and O–H groups in total. The summed E-state index contributed by atoms with van der Waals surface area (Å²) in [5.74, 6) is 0.0152. The first-order chi connectivity index (χ1) is 14.1. The minimum absolute atomic E-state index is 0.178. The normalized spacial score (nSPS) is 18.8. The van der Waals surface area contributed by atoms with Crippen LogP contribution < -0.4 is 10.1 Å². The lowest BCUT2D eigenvalue weighted by molar-refractivity contribution is -0.145. The van der Waals surface area contributed by atoms with Crippen LogP contribution >= 0.6 is 0 Å². The largest absolute Gasteiger partial charge is 0.497 e. The van der Waals surface area contributed by atoms with Gasteiger partial charge in [-0.1, -0.05) is 42.5 Å². The fraction of sp³-hybridized carbons (Fsp3) is 0.364. The lowest BCUT2D eigenvalue weighted by Crippen LogP contribution is -2.43. The number of rotatable bonds is 7. The van der Waals surface area contributed by atoms with Gasteiger partial charge in [-0.25, -0.2) is 4.79 Å². The van der Waals surface area contributed by atoms with Crippen molar-refractivity contribution in [3.63, 3.8) is 0 Å². The quantitative estimate of drug-likeness (QED) is 0.723. The third-order valence-corrected chi connectivity index (χ3v) is 4.98. The van der Waals surface area contributed by atoms with Gasteiger partial charge in [0.1, 0.15) is 12.4 Å². The molecule has 7 nitrogen and oxygen atoms in total. The van der Waals surface area contributed by atoms with Crippen molar-refractivity contribution < 1.29 is 23.8 Å². The average Bonchev–Trinajstić information content (AvgIpc) is 3.15. The number of nitrogens with zero attached hydrogens (tertiary/aromatic N) is 1. The minimum atomic E-state index is -0.543. The zero-order valence-corrected chi connectivity index (χ0v) is 16.7. The average molecular weight is 398 g/mol. The fourth-order valence-corrected chi connectivity index (χ4v) is 3.46. The van der Waals surface area contributed by atoms with E-state index in [0.29, 0.717) is 19.6 Å². The minimum Gasteiger partial charge on any atom is -0.497 e. The summed E-state index contributed by atoms with van der Waals surface area (Å²) in [6.45, 7) is 1.88. The predicted molar refractivity (Wildman–Crippen MR) is 107 cm³/mol. The number of amides is 1. The molecule has 154 valence electrons. The second kappa shape index (κ2) is 9.93. The lowest BCUT2D eigenvalue weighted by atomic mass is 10.0. The van der Waals surface area contributed by atoms with Gasteiger partial charge in [0.05, 0.1) is 26.2 Å². The van der Waals surface area contributed by atoms with Crippen molar-refractivity contribution in [1.82, 2.24) is 10.2 Å². The molecule has 2 atom stereocenters. The van der Waals surface area contributed by atoms with Crippen LogP contribution in [0.15, 0.2) is 54.6 Å². The summed E-state index contributed by atoms with van der Waals surface area (Å²) in [5, 5.41) is 2.82. The maximum atomic E-state index is 12.2. The number of methoxy groups -OCH3 is 2. The van der Waals surface area contributed by atoms with E-state index in [1.54, 1.807) is 7.11 Å². The molecule has 2 aromatic rings. The number of esters is 1. The van der Waals surface area contributed by atoms with Crippen LogP contribution in [-0.2, 0) is 27.4 Å². The van der Waals surface area contributed by atoms with Gasteiger partial charge in [0.15, 0.2) is 0 Å². The van der Waals surface area contributed by atoms with Crippen LogP contribution in [0.3, 0.4) is 0 Å². The van der Waals surface area contributed by atoms with Gasteiger partial charge in [0.2, 0.25) is 0 Å². The molecule has 1 heterocycles. The van der Waals surface area contributed by atoms with Crippen LogP contribution in [0.25, 0.3) is 0 Å². The van der Waals surface area contributed by atoms with E-state index in [2.05, 4.69) is 10.2 Å². The third kappa shape index (κ3) is 5.71. The molecule has 0 bridgehead atoms. The monoisotopic (exact) mass is 398 g/mol. The van der Waals surface area contributed by atoms with Crippen LogP contribution in [0.5, 0.6) is 5.75 Å². The Labute approximate surface area is 170 Å². The first-order valence-electron chi connectivity index (χ1n) is 9.49. The standard InChI is InChI=1S/C22H26N2O5/c1-27-18-10-8-16(9-11-18)12-24-13-19(21(25)28-2)20(14-24)23-22(26)29-15-17-6-4-3-5-7-17/h3-11,19-20H,12-15H2,1-2H3,(H,23,26)/t19-,20+/m1/s1. The SMILES string of the molecule is COC(=O)[C@@H]1CN(Cc2ccc(OC)cc2)C[C@@H]1NC(=O)OCc1ccccc1. The van der Waals surface area contributed by atoms with Crippen LogP contribution in [0, 0.1) is 5.92 Å². The molecule has 3 rings (SSSR count). The van der Waals surface area contributed by atoms with Gasteiger partial charge in [-0.05, 0) is 23.3 Å². The van der Waals surface area contributed by atoms with Crippen molar-refractivity contribution in [2.75, 3.05) is 27.3 Å². The summed E-state index contributed by atoms with van der Waals surface area (Å²) in [7, 11) is 2.99. The molecule has 1 aliphatic heterocycles. The van der Waals surface area contributed by atoms with E-state index >= 15 is 0 Å². The van der Waals surface area contributed by atoms with Gasteiger partial charge in [-0.15, -0.1) is 0 Å². The molecule has 0 unspecified atom stereocenters. The van der Waals surface area contributed by atoms with E-state index < -0.39 is 12.0 Å². The summed E-state index contributed by atoms with van der Waals surface area (Å²) in [6, 6.07) is 16.9. The highest BCUT2D eigenvalue weighted by Gasteiger charge is 2.39. The molecular formula is C22H26N2O5. The number of likely N-dealkylation sites (tertiary alicyclic amines) is 1.